The predicted molar refractivity (Wildman–Crippen MR) is 37.9 cm³/mol. The third-order valence-corrected chi connectivity index (χ3v) is 1.25. The van der Waals surface area contributed by atoms with Crippen molar-refractivity contribution in [2.45, 2.75) is 6.04 Å². The zero-order valence-corrected chi connectivity index (χ0v) is 5.77. The molecule has 0 amide bonds. The zero-order chi connectivity index (χ0) is 8.27. The first-order valence-electron chi connectivity index (χ1n) is 3.01. The highest BCUT2D eigenvalue weighted by Crippen LogP contribution is 2.05. The quantitative estimate of drug-likeness (QED) is 0.640. The highest BCUT2D eigenvalue weighted by atomic mass is 16.4. The highest BCUT2D eigenvalue weighted by molar-refractivity contribution is 5.73. The molecule has 0 saturated heterocycles. The first kappa shape index (κ1) is 7.53. The van der Waals surface area contributed by atoms with Crippen LogP contribution in [0.3, 0.4) is 0 Å². The van der Waals surface area contributed by atoms with Crippen molar-refractivity contribution in [2.75, 3.05) is 0 Å². The van der Waals surface area contributed by atoms with Crippen LogP contribution < -0.4 is 0 Å². The number of nitrogens with zero attached hydrogens (tertiary/aromatic N) is 2. The minimum absolute atomic E-state index is 0.766. The molecular formula is C7H7N2O2. The zero-order valence-electron chi connectivity index (χ0n) is 5.77. The number of hydrogen-bond acceptors (Lipinski definition) is 2. The Morgan fingerprint density at radius 1 is 1.91 bits per heavy atom. The summed E-state index contributed by atoms with van der Waals surface area (Å²) in [5, 5.41) is 8.61. The molecule has 0 aliphatic heterocycles. The van der Waals surface area contributed by atoms with Crippen molar-refractivity contribution >= 4 is 5.97 Å². The van der Waals surface area contributed by atoms with Gasteiger partial charge in [-0.25, -0.2) is 9.78 Å². The second-order valence-electron chi connectivity index (χ2n) is 1.95. The highest BCUT2D eigenvalue weighted by Gasteiger charge is 2.13. The molecule has 4 heteroatoms. The van der Waals surface area contributed by atoms with Gasteiger partial charge in [-0.2, -0.15) is 0 Å². The van der Waals surface area contributed by atoms with E-state index < -0.39 is 12.0 Å². The summed E-state index contributed by atoms with van der Waals surface area (Å²) in [6, 6.07) is -0.766. The van der Waals surface area contributed by atoms with Gasteiger partial charge in [0.2, 0.25) is 0 Å². The maximum absolute atomic E-state index is 10.5. The number of hydrogen-bond donors (Lipinski definition) is 1. The average molecular weight is 151 g/mol. The van der Waals surface area contributed by atoms with Gasteiger partial charge in [-0.05, 0) is 0 Å². The molecule has 1 atom stereocenters. The monoisotopic (exact) mass is 151 g/mol. The number of aliphatic carboxylic acids is 1. The molecule has 57 valence electrons. The van der Waals surface area contributed by atoms with Gasteiger partial charge in [0, 0.05) is 12.4 Å². The van der Waals surface area contributed by atoms with Gasteiger partial charge < -0.3 is 9.67 Å². The minimum atomic E-state index is -0.964. The first-order chi connectivity index (χ1) is 5.25. The molecule has 0 aliphatic carbocycles. The Bertz CT molecular complexity index is 253. The van der Waals surface area contributed by atoms with Gasteiger partial charge in [-0.15, -0.1) is 6.58 Å². The van der Waals surface area contributed by atoms with E-state index in [0.717, 1.165) is 0 Å². The lowest BCUT2D eigenvalue weighted by molar-refractivity contribution is -0.139. The Morgan fingerprint density at radius 2 is 2.64 bits per heavy atom. The molecule has 1 heterocycles. The normalized spacial score (nSPS) is 12.4. The largest absolute Gasteiger partial charge is 0.479 e. The van der Waals surface area contributed by atoms with Gasteiger partial charge in [-0.1, -0.05) is 6.08 Å². The second kappa shape index (κ2) is 3.01. The molecule has 0 bridgehead atoms. The molecule has 1 rings (SSSR count). The number of carboxylic acids is 1. The van der Waals surface area contributed by atoms with E-state index in [1.54, 1.807) is 0 Å². The van der Waals surface area contributed by atoms with Crippen LogP contribution >= 0.6 is 0 Å². The summed E-state index contributed by atoms with van der Waals surface area (Å²) in [6.45, 7) is 3.39. The molecule has 0 fully saturated rings. The molecule has 1 unspecified atom stereocenters. The molecule has 0 saturated carbocycles. The maximum atomic E-state index is 10.5. The summed E-state index contributed by atoms with van der Waals surface area (Å²) >= 11 is 0. The number of carboxylic acid groups (broad SMARTS) is 1. The Morgan fingerprint density at radius 3 is 3.00 bits per heavy atom. The molecule has 1 aromatic heterocycles. The van der Waals surface area contributed by atoms with Crippen molar-refractivity contribution in [2.24, 2.45) is 0 Å². The van der Waals surface area contributed by atoms with E-state index in [1.807, 2.05) is 0 Å². The fourth-order valence-corrected chi connectivity index (χ4v) is 0.727. The number of rotatable bonds is 3. The average Bonchev–Trinajstić information content (AvgIpc) is 2.40. The van der Waals surface area contributed by atoms with Gasteiger partial charge in [-0.3, -0.25) is 0 Å². The van der Waals surface area contributed by atoms with Crippen molar-refractivity contribution in [3.05, 3.63) is 31.4 Å². The standard InChI is InChI=1S/C7H7N2O2/c1-2-6(7(10)11)9-4-3-8-5-9/h2-4,6H,1H2,(H,10,11). The number of aromatic nitrogens is 2. The van der Waals surface area contributed by atoms with Crippen molar-refractivity contribution in [1.29, 1.82) is 0 Å². The van der Waals surface area contributed by atoms with E-state index in [1.165, 1.54) is 23.0 Å². The predicted octanol–water partition coefficient (Wildman–Crippen LogP) is 0.495. The van der Waals surface area contributed by atoms with Crippen LogP contribution in [0.2, 0.25) is 0 Å². The third kappa shape index (κ3) is 1.46. The lowest BCUT2D eigenvalue weighted by Crippen LogP contribution is -2.15. The molecule has 0 aromatic carbocycles. The molecule has 4 nitrogen and oxygen atoms in total. The van der Waals surface area contributed by atoms with Gasteiger partial charge in [0.15, 0.2) is 12.4 Å². The van der Waals surface area contributed by atoms with Crippen molar-refractivity contribution in [3.63, 3.8) is 0 Å². The van der Waals surface area contributed by atoms with Crippen LogP contribution in [0.5, 0.6) is 0 Å². The molecule has 1 N–H and O–H groups in total. The van der Waals surface area contributed by atoms with Crippen molar-refractivity contribution in [1.82, 2.24) is 9.55 Å². The van der Waals surface area contributed by atoms with Crippen LogP contribution in [0.15, 0.2) is 25.0 Å². The summed E-state index contributed by atoms with van der Waals surface area (Å²) in [5.41, 5.74) is 0. The van der Waals surface area contributed by atoms with Crippen LogP contribution in [-0.2, 0) is 4.79 Å². The van der Waals surface area contributed by atoms with Crippen LogP contribution in [0.25, 0.3) is 0 Å². The summed E-state index contributed by atoms with van der Waals surface area (Å²) in [7, 11) is 0. The van der Waals surface area contributed by atoms with Crippen LogP contribution in [-0.4, -0.2) is 20.6 Å². The molecule has 1 radical (unpaired) electrons. The fourth-order valence-electron chi connectivity index (χ4n) is 0.727. The lowest BCUT2D eigenvalue weighted by atomic mass is 10.3. The SMILES string of the molecule is C=CC(C(=O)O)n1[c]ncc1. The summed E-state index contributed by atoms with van der Waals surface area (Å²) < 4.78 is 1.34. The van der Waals surface area contributed by atoms with E-state index in [4.69, 9.17) is 5.11 Å². The van der Waals surface area contributed by atoms with Crippen LogP contribution in [0, 0.1) is 6.33 Å². The van der Waals surface area contributed by atoms with E-state index in [0.29, 0.717) is 0 Å². The van der Waals surface area contributed by atoms with E-state index in [-0.39, 0.29) is 0 Å². The Balaban J connectivity index is 2.88. The maximum Gasteiger partial charge on any atom is 0.330 e. The fraction of sp³-hybridized carbons (Fsp3) is 0.143. The summed E-state index contributed by atoms with van der Waals surface area (Å²) in [4.78, 5) is 14.1. The van der Waals surface area contributed by atoms with E-state index in [2.05, 4.69) is 17.9 Å². The Kier molecular flexibility index (Phi) is 2.06. The Labute approximate surface area is 63.8 Å². The summed E-state index contributed by atoms with van der Waals surface area (Å²) in [6.07, 6.45) is 6.80. The van der Waals surface area contributed by atoms with Crippen LogP contribution in [0.1, 0.15) is 6.04 Å². The van der Waals surface area contributed by atoms with E-state index in [9.17, 15) is 4.79 Å². The van der Waals surface area contributed by atoms with Crippen LogP contribution in [0.4, 0.5) is 0 Å². The Hall–Kier alpha value is -1.58. The van der Waals surface area contributed by atoms with Gasteiger partial charge in [0.1, 0.15) is 0 Å². The number of imidazole rings is 1. The third-order valence-electron chi connectivity index (χ3n) is 1.25. The minimum Gasteiger partial charge on any atom is -0.479 e. The molecular weight excluding hydrogens is 144 g/mol. The molecule has 0 spiro atoms. The molecule has 0 aliphatic rings. The topological polar surface area (TPSA) is 55.1 Å². The first-order valence-corrected chi connectivity index (χ1v) is 3.01. The lowest BCUT2D eigenvalue weighted by Gasteiger charge is -2.05. The van der Waals surface area contributed by atoms with Gasteiger partial charge in [0.05, 0.1) is 0 Å². The van der Waals surface area contributed by atoms with Gasteiger partial charge >= 0.3 is 5.97 Å². The van der Waals surface area contributed by atoms with Gasteiger partial charge in [0.25, 0.3) is 0 Å². The van der Waals surface area contributed by atoms with E-state index >= 15 is 0 Å². The summed E-state index contributed by atoms with van der Waals surface area (Å²) in [5.74, 6) is -0.964. The smallest absolute Gasteiger partial charge is 0.330 e. The van der Waals surface area contributed by atoms with Crippen molar-refractivity contribution < 1.29 is 9.90 Å². The molecule has 1 aromatic rings. The van der Waals surface area contributed by atoms with Crippen molar-refractivity contribution in [3.8, 4) is 0 Å². The number of carbonyl (C=O) groups is 1. The molecule has 11 heavy (non-hydrogen) atoms. The second-order valence-corrected chi connectivity index (χ2v) is 1.95.